The Bertz CT molecular complexity index is 732. The number of fused-ring (bicyclic) bond motifs is 1. The highest BCUT2D eigenvalue weighted by atomic mass is 15.0. The summed E-state index contributed by atoms with van der Waals surface area (Å²) in [7, 11) is 0. The molecule has 0 amide bonds. The zero-order valence-electron chi connectivity index (χ0n) is 11.1. The van der Waals surface area contributed by atoms with E-state index in [2.05, 4.69) is 60.5 Å². The molecule has 0 bridgehead atoms. The van der Waals surface area contributed by atoms with Gasteiger partial charge in [-0.3, -0.25) is 0 Å². The van der Waals surface area contributed by atoms with E-state index in [1.807, 2.05) is 18.3 Å². The van der Waals surface area contributed by atoms with E-state index in [0.717, 1.165) is 16.9 Å². The molecule has 0 fully saturated rings. The van der Waals surface area contributed by atoms with Crippen molar-refractivity contribution in [1.29, 1.82) is 0 Å². The van der Waals surface area contributed by atoms with Crippen LogP contribution in [0.25, 0.3) is 10.8 Å². The van der Waals surface area contributed by atoms with Crippen LogP contribution in [0.1, 0.15) is 11.1 Å². The maximum absolute atomic E-state index is 4.47. The molecule has 0 unspecified atom stereocenters. The molecule has 2 heteroatoms. The number of para-hydroxylation sites is 1. The summed E-state index contributed by atoms with van der Waals surface area (Å²) >= 11 is 0. The first-order chi connectivity index (χ1) is 9.25. The van der Waals surface area contributed by atoms with Crippen molar-refractivity contribution in [2.45, 2.75) is 13.8 Å². The Morgan fingerprint density at radius 2 is 1.58 bits per heavy atom. The summed E-state index contributed by atoms with van der Waals surface area (Å²) < 4.78 is 0. The average Bonchev–Trinajstić information content (AvgIpc) is 2.42. The van der Waals surface area contributed by atoms with Gasteiger partial charge in [0.1, 0.15) is 5.82 Å². The minimum absolute atomic E-state index is 0.913. The minimum atomic E-state index is 0.913. The molecule has 1 aromatic heterocycles. The van der Waals surface area contributed by atoms with E-state index >= 15 is 0 Å². The number of aromatic nitrogens is 1. The van der Waals surface area contributed by atoms with Gasteiger partial charge in [-0.1, -0.05) is 36.4 Å². The van der Waals surface area contributed by atoms with Crippen LogP contribution in [0, 0.1) is 13.8 Å². The summed E-state index contributed by atoms with van der Waals surface area (Å²) in [6.07, 6.45) is 1.86. The minimum Gasteiger partial charge on any atom is -0.340 e. The van der Waals surface area contributed by atoms with Gasteiger partial charge in [0.15, 0.2) is 0 Å². The monoisotopic (exact) mass is 248 g/mol. The number of hydrogen-bond acceptors (Lipinski definition) is 2. The van der Waals surface area contributed by atoms with Gasteiger partial charge < -0.3 is 5.32 Å². The Balaban J connectivity index is 2.12. The van der Waals surface area contributed by atoms with E-state index in [-0.39, 0.29) is 0 Å². The Kier molecular flexibility index (Phi) is 2.92. The highest BCUT2D eigenvalue weighted by Crippen LogP contribution is 2.27. The molecule has 0 aliphatic heterocycles. The maximum Gasteiger partial charge on any atom is 0.138 e. The van der Waals surface area contributed by atoms with Gasteiger partial charge >= 0.3 is 0 Å². The van der Waals surface area contributed by atoms with Crippen LogP contribution < -0.4 is 5.32 Å². The molecule has 2 aromatic carbocycles. The van der Waals surface area contributed by atoms with Gasteiger partial charge in [-0.2, -0.15) is 0 Å². The lowest BCUT2D eigenvalue weighted by atomic mass is 10.1. The fourth-order valence-corrected chi connectivity index (χ4v) is 2.30. The first-order valence-electron chi connectivity index (χ1n) is 6.43. The first-order valence-corrected chi connectivity index (χ1v) is 6.43. The van der Waals surface area contributed by atoms with Gasteiger partial charge in [0.25, 0.3) is 0 Å². The SMILES string of the molecule is Cc1ccccc1Nc1nccc2c(C)cccc12. The predicted molar refractivity (Wildman–Crippen MR) is 80.9 cm³/mol. The van der Waals surface area contributed by atoms with Crippen molar-refractivity contribution in [1.82, 2.24) is 4.98 Å². The van der Waals surface area contributed by atoms with Gasteiger partial charge in [-0.15, -0.1) is 0 Å². The number of anilines is 2. The highest BCUT2D eigenvalue weighted by molar-refractivity contribution is 5.95. The standard InChI is InChI=1S/C17H16N2/c1-12-7-5-8-15-14(12)10-11-18-17(15)19-16-9-4-3-6-13(16)2/h3-11H,1-2H3,(H,18,19). The molecular weight excluding hydrogens is 232 g/mol. The fraction of sp³-hybridized carbons (Fsp3) is 0.118. The quantitative estimate of drug-likeness (QED) is 0.717. The van der Waals surface area contributed by atoms with Crippen molar-refractivity contribution in [3.63, 3.8) is 0 Å². The van der Waals surface area contributed by atoms with Gasteiger partial charge in [0.05, 0.1) is 0 Å². The van der Waals surface area contributed by atoms with Gasteiger partial charge in [-0.25, -0.2) is 4.98 Å². The largest absolute Gasteiger partial charge is 0.340 e. The molecule has 0 atom stereocenters. The second-order valence-electron chi connectivity index (χ2n) is 4.77. The Hall–Kier alpha value is -2.35. The van der Waals surface area contributed by atoms with E-state index < -0.39 is 0 Å². The molecule has 2 nitrogen and oxygen atoms in total. The number of aryl methyl sites for hydroxylation is 2. The molecule has 0 radical (unpaired) electrons. The molecule has 1 heterocycles. The number of hydrogen-bond donors (Lipinski definition) is 1. The summed E-state index contributed by atoms with van der Waals surface area (Å²) in [6.45, 7) is 4.22. The molecule has 3 aromatic rings. The molecule has 0 spiro atoms. The van der Waals surface area contributed by atoms with Crippen molar-refractivity contribution < 1.29 is 0 Å². The van der Waals surface area contributed by atoms with Crippen LogP contribution in [0.2, 0.25) is 0 Å². The third-order valence-corrected chi connectivity index (χ3v) is 3.42. The van der Waals surface area contributed by atoms with E-state index in [0.29, 0.717) is 0 Å². The third kappa shape index (κ3) is 2.17. The summed E-state index contributed by atoms with van der Waals surface area (Å²) in [6, 6.07) is 16.6. The second-order valence-corrected chi connectivity index (χ2v) is 4.77. The molecule has 3 rings (SSSR count). The van der Waals surface area contributed by atoms with Crippen molar-refractivity contribution in [3.05, 3.63) is 65.9 Å². The normalized spacial score (nSPS) is 10.6. The fourth-order valence-electron chi connectivity index (χ4n) is 2.30. The molecular formula is C17H16N2. The molecule has 0 aliphatic carbocycles. The van der Waals surface area contributed by atoms with Crippen LogP contribution in [0.4, 0.5) is 11.5 Å². The van der Waals surface area contributed by atoms with E-state index in [9.17, 15) is 0 Å². The van der Waals surface area contributed by atoms with Crippen molar-refractivity contribution in [2.75, 3.05) is 5.32 Å². The predicted octanol–water partition coefficient (Wildman–Crippen LogP) is 4.60. The zero-order valence-corrected chi connectivity index (χ0v) is 11.1. The number of pyridine rings is 1. The lowest BCUT2D eigenvalue weighted by Gasteiger charge is -2.11. The number of rotatable bonds is 2. The molecule has 0 saturated carbocycles. The molecule has 0 saturated heterocycles. The van der Waals surface area contributed by atoms with Crippen LogP contribution >= 0.6 is 0 Å². The average molecular weight is 248 g/mol. The number of benzene rings is 2. The first kappa shape index (κ1) is 11.7. The topological polar surface area (TPSA) is 24.9 Å². The number of nitrogens with zero attached hydrogens (tertiary/aromatic N) is 1. The molecule has 19 heavy (non-hydrogen) atoms. The zero-order chi connectivity index (χ0) is 13.2. The Morgan fingerprint density at radius 3 is 2.42 bits per heavy atom. The van der Waals surface area contributed by atoms with E-state index in [1.54, 1.807) is 0 Å². The Labute approximate surface area is 113 Å². The number of nitrogens with one attached hydrogen (secondary N) is 1. The van der Waals surface area contributed by atoms with E-state index in [4.69, 9.17) is 0 Å². The summed E-state index contributed by atoms with van der Waals surface area (Å²) in [4.78, 5) is 4.47. The lowest BCUT2D eigenvalue weighted by molar-refractivity contribution is 1.32. The van der Waals surface area contributed by atoms with Crippen molar-refractivity contribution in [3.8, 4) is 0 Å². The smallest absolute Gasteiger partial charge is 0.138 e. The van der Waals surface area contributed by atoms with Gasteiger partial charge in [0, 0.05) is 17.3 Å². The van der Waals surface area contributed by atoms with Crippen LogP contribution in [0.3, 0.4) is 0 Å². The highest BCUT2D eigenvalue weighted by Gasteiger charge is 2.05. The second kappa shape index (κ2) is 4.73. The van der Waals surface area contributed by atoms with Gasteiger partial charge in [-0.05, 0) is 42.5 Å². The third-order valence-electron chi connectivity index (χ3n) is 3.42. The van der Waals surface area contributed by atoms with Crippen molar-refractivity contribution in [2.24, 2.45) is 0 Å². The van der Waals surface area contributed by atoms with Crippen LogP contribution in [0.15, 0.2) is 54.7 Å². The van der Waals surface area contributed by atoms with E-state index in [1.165, 1.54) is 16.5 Å². The van der Waals surface area contributed by atoms with Crippen molar-refractivity contribution >= 4 is 22.3 Å². The molecule has 1 N–H and O–H groups in total. The molecule has 94 valence electrons. The maximum atomic E-state index is 4.47. The van der Waals surface area contributed by atoms with Gasteiger partial charge in [0.2, 0.25) is 0 Å². The summed E-state index contributed by atoms with van der Waals surface area (Å²) in [5.74, 6) is 0.913. The summed E-state index contributed by atoms with van der Waals surface area (Å²) in [5.41, 5.74) is 3.59. The molecule has 0 aliphatic rings. The van der Waals surface area contributed by atoms with Crippen LogP contribution in [-0.4, -0.2) is 4.98 Å². The summed E-state index contributed by atoms with van der Waals surface area (Å²) in [5, 5.41) is 5.83. The lowest BCUT2D eigenvalue weighted by Crippen LogP contribution is -1.96. The van der Waals surface area contributed by atoms with Crippen LogP contribution in [-0.2, 0) is 0 Å². The van der Waals surface area contributed by atoms with Crippen LogP contribution in [0.5, 0.6) is 0 Å². The Morgan fingerprint density at radius 1 is 0.789 bits per heavy atom.